The maximum Gasteiger partial charge on any atom is 0.272 e. The zero-order valence-electron chi connectivity index (χ0n) is 28.4. The van der Waals surface area contributed by atoms with Crippen LogP contribution in [0, 0.1) is 5.92 Å². The summed E-state index contributed by atoms with van der Waals surface area (Å²) in [6, 6.07) is 6.32. The second-order valence-electron chi connectivity index (χ2n) is 12.4. The average molecular weight is 695 g/mol. The molecule has 0 aromatic carbocycles. The molecule has 15 nitrogen and oxygen atoms in total. The quantitative estimate of drug-likeness (QED) is 0.135. The minimum absolute atomic E-state index is 0. The van der Waals surface area contributed by atoms with Crippen LogP contribution in [0.1, 0.15) is 61.2 Å². The van der Waals surface area contributed by atoms with Crippen molar-refractivity contribution in [2.75, 3.05) is 48.5 Å². The Morgan fingerprint density at radius 1 is 0.612 bits per heavy atom. The maximum absolute atomic E-state index is 13.2. The summed E-state index contributed by atoms with van der Waals surface area (Å²) in [5.41, 5.74) is 3.15. The largest absolute Gasteiger partial charge is 0.351 e. The van der Waals surface area contributed by atoms with E-state index in [9.17, 15) is 24.0 Å². The molecule has 5 N–H and O–H groups in total. The zero-order valence-corrected chi connectivity index (χ0v) is 29.2. The van der Waals surface area contributed by atoms with Crippen LogP contribution in [0.25, 0.3) is 0 Å². The number of nitrogens with one attached hydrogen (secondary N) is 5. The standard InChI is InChI=1S/C33H42N10O5.ClH/c1-39(2)11-7-10-34-30(45)25-12-22(17-40(25)3)36-32(47)27-14-24(19-42(27)5)38-33(48)28-15-23(18-43(28)6)37-31(46)26-13-21(16-41(26)4)35-29(44)20-8-9-20;/h12-20H,7-11H2,1-6H3,(H,34,45)(H,35,44)(H,36,47)(H,37,46)(H,38,48);1H. The molecule has 1 aliphatic carbocycles. The van der Waals surface area contributed by atoms with Gasteiger partial charge in [0.2, 0.25) is 5.91 Å². The molecule has 5 rings (SSSR count). The highest BCUT2D eigenvalue weighted by Crippen LogP contribution is 2.30. The van der Waals surface area contributed by atoms with Crippen LogP contribution in [0.15, 0.2) is 49.1 Å². The van der Waals surface area contributed by atoms with Gasteiger partial charge in [0.25, 0.3) is 23.6 Å². The highest BCUT2D eigenvalue weighted by molar-refractivity contribution is 6.09. The van der Waals surface area contributed by atoms with Gasteiger partial charge < -0.3 is 49.8 Å². The van der Waals surface area contributed by atoms with Gasteiger partial charge in [-0.2, -0.15) is 0 Å². The third kappa shape index (κ3) is 9.00. The minimum Gasteiger partial charge on any atom is -0.351 e. The average Bonchev–Trinajstić information content (AvgIpc) is 3.38. The topological polar surface area (TPSA) is 168 Å². The van der Waals surface area contributed by atoms with Crippen molar-refractivity contribution in [3.8, 4) is 0 Å². The van der Waals surface area contributed by atoms with Gasteiger partial charge in [0.15, 0.2) is 0 Å². The van der Waals surface area contributed by atoms with E-state index in [0.29, 0.717) is 46.4 Å². The van der Waals surface area contributed by atoms with E-state index in [-0.39, 0.29) is 35.8 Å². The van der Waals surface area contributed by atoms with Crippen molar-refractivity contribution in [3.05, 3.63) is 71.8 Å². The van der Waals surface area contributed by atoms with E-state index in [1.54, 1.807) is 95.5 Å². The number of halogens is 1. The van der Waals surface area contributed by atoms with Crippen LogP contribution in [0.2, 0.25) is 0 Å². The number of hydrogen-bond donors (Lipinski definition) is 5. The third-order valence-corrected chi connectivity index (χ3v) is 8.01. The lowest BCUT2D eigenvalue weighted by Crippen LogP contribution is -2.28. The number of aryl methyl sites for hydroxylation is 4. The summed E-state index contributed by atoms with van der Waals surface area (Å²) < 4.78 is 6.44. The molecule has 4 aromatic rings. The van der Waals surface area contributed by atoms with E-state index >= 15 is 0 Å². The Labute approximate surface area is 290 Å². The molecule has 0 bridgehead atoms. The fourth-order valence-electron chi connectivity index (χ4n) is 5.30. The Kier molecular flexibility index (Phi) is 11.4. The van der Waals surface area contributed by atoms with E-state index in [1.807, 2.05) is 19.0 Å². The van der Waals surface area contributed by atoms with Gasteiger partial charge in [-0.25, -0.2) is 0 Å². The first kappa shape index (κ1) is 36.6. The van der Waals surface area contributed by atoms with Gasteiger partial charge in [-0.05, 0) is 64.2 Å². The van der Waals surface area contributed by atoms with Crippen LogP contribution >= 0.6 is 12.4 Å². The number of hydrogen-bond acceptors (Lipinski definition) is 6. The minimum atomic E-state index is -0.441. The van der Waals surface area contributed by atoms with Gasteiger partial charge in [0.1, 0.15) is 22.8 Å². The number of carbonyl (C=O) groups excluding carboxylic acids is 5. The van der Waals surface area contributed by atoms with Crippen molar-refractivity contribution in [2.24, 2.45) is 34.1 Å². The van der Waals surface area contributed by atoms with Crippen LogP contribution in [-0.4, -0.2) is 79.9 Å². The molecule has 0 atom stereocenters. The first-order chi connectivity index (χ1) is 22.8. The van der Waals surface area contributed by atoms with E-state index in [0.717, 1.165) is 25.8 Å². The number of nitrogens with zero attached hydrogens (tertiary/aromatic N) is 5. The molecule has 4 heterocycles. The summed E-state index contributed by atoms with van der Waals surface area (Å²) in [5.74, 6) is -1.48. The summed E-state index contributed by atoms with van der Waals surface area (Å²) in [6.45, 7) is 1.40. The monoisotopic (exact) mass is 694 g/mol. The summed E-state index contributed by atoms with van der Waals surface area (Å²) >= 11 is 0. The van der Waals surface area contributed by atoms with Crippen molar-refractivity contribution >= 4 is 64.7 Å². The Morgan fingerprint density at radius 3 is 1.31 bits per heavy atom. The maximum atomic E-state index is 13.2. The molecule has 1 saturated carbocycles. The summed E-state index contributed by atoms with van der Waals surface area (Å²) in [6.07, 6.45) is 9.15. The van der Waals surface area contributed by atoms with Crippen molar-refractivity contribution in [1.82, 2.24) is 28.5 Å². The molecule has 262 valence electrons. The zero-order chi connectivity index (χ0) is 34.7. The molecule has 5 amide bonds. The van der Waals surface area contributed by atoms with E-state index in [4.69, 9.17) is 0 Å². The van der Waals surface area contributed by atoms with E-state index < -0.39 is 17.7 Å². The van der Waals surface area contributed by atoms with Crippen molar-refractivity contribution in [3.63, 3.8) is 0 Å². The third-order valence-electron chi connectivity index (χ3n) is 8.01. The van der Waals surface area contributed by atoms with Crippen LogP contribution in [-0.2, 0) is 33.0 Å². The molecule has 0 radical (unpaired) electrons. The number of carbonyl (C=O) groups is 5. The Bertz CT molecular complexity index is 1880. The number of amides is 5. The normalized spacial score (nSPS) is 12.3. The lowest BCUT2D eigenvalue weighted by Gasteiger charge is -2.10. The number of rotatable bonds is 13. The molecule has 16 heteroatoms. The molecule has 0 saturated heterocycles. The van der Waals surface area contributed by atoms with Crippen LogP contribution in [0.5, 0.6) is 0 Å². The first-order valence-corrected chi connectivity index (χ1v) is 15.6. The molecule has 1 aliphatic rings. The SMILES string of the molecule is CN(C)CCCNC(=O)c1cc(NC(=O)c2cc(NC(=O)c3cc(NC(=O)c4cc(NC(=O)C5CC5)cn4C)cn3C)cn2C)cn1C.Cl. The molecule has 49 heavy (non-hydrogen) atoms. The molecule has 4 aromatic heterocycles. The highest BCUT2D eigenvalue weighted by atomic mass is 35.5. The molecule has 0 unspecified atom stereocenters. The predicted molar refractivity (Wildman–Crippen MR) is 190 cm³/mol. The van der Waals surface area contributed by atoms with Gasteiger partial charge in [-0.15, -0.1) is 12.4 Å². The lowest BCUT2D eigenvalue weighted by atomic mass is 10.3. The van der Waals surface area contributed by atoms with Crippen LogP contribution in [0.4, 0.5) is 22.7 Å². The van der Waals surface area contributed by atoms with Gasteiger partial charge in [-0.3, -0.25) is 24.0 Å². The van der Waals surface area contributed by atoms with Gasteiger partial charge >= 0.3 is 0 Å². The summed E-state index contributed by atoms with van der Waals surface area (Å²) in [5, 5.41) is 14.2. The first-order valence-electron chi connectivity index (χ1n) is 15.6. The molecule has 0 spiro atoms. The van der Waals surface area contributed by atoms with Gasteiger partial charge in [0.05, 0.1) is 22.7 Å². The van der Waals surface area contributed by atoms with E-state index in [1.165, 1.54) is 0 Å². The van der Waals surface area contributed by atoms with Crippen LogP contribution < -0.4 is 26.6 Å². The van der Waals surface area contributed by atoms with E-state index in [2.05, 4.69) is 26.6 Å². The Hall–Kier alpha value is -5.28. The second kappa shape index (κ2) is 15.3. The lowest BCUT2D eigenvalue weighted by molar-refractivity contribution is -0.117. The summed E-state index contributed by atoms with van der Waals surface area (Å²) in [7, 11) is 10.8. The predicted octanol–water partition coefficient (Wildman–Crippen LogP) is 3.25. The fraction of sp³-hybridized carbons (Fsp3) is 0.364. The molecular formula is C33H43ClN10O5. The summed E-state index contributed by atoms with van der Waals surface area (Å²) in [4.78, 5) is 66.1. The van der Waals surface area contributed by atoms with Gasteiger partial charge in [0, 0.05) is 65.4 Å². The van der Waals surface area contributed by atoms with Crippen molar-refractivity contribution in [1.29, 1.82) is 0 Å². The van der Waals surface area contributed by atoms with Crippen molar-refractivity contribution < 1.29 is 24.0 Å². The highest BCUT2D eigenvalue weighted by Gasteiger charge is 2.30. The molecule has 1 fully saturated rings. The molecule has 0 aliphatic heterocycles. The Morgan fingerprint density at radius 2 is 0.959 bits per heavy atom. The fourth-order valence-corrected chi connectivity index (χ4v) is 5.30. The number of anilines is 4. The van der Waals surface area contributed by atoms with Crippen molar-refractivity contribution in [2.45, 2.75) is 19.3 Å². The second-order valence-corrected chi connectivity index (χ2v) is 12.4. The van der Waals surface area contributed by atoms with Crippen LogP contribution in [0.3, 0.4) is 0 Å². The Balaban J connectivity index is 0.00000541. The molecular weight excluding hydrogens is 652 g/mol. The van der Waals surface area contributed by atoms with Gasteiger partial charge in [-0.1, -0.05) is 0 Å². The number of aromatic nitrogens is 4. The smallest absolute Gasteiger partial charge is 0.272 e.